The van der Waals surface area contributed by atoms with E-state index in [1.165, 1.54) is 5.54 Å². The smallest absolute Gasteiger partial charge is 0.138 e. The lowest BCUT2D eigenvalue weighted by Gasteiger charge is -2.05. The molecular weight excluding hydrogens is 235 g/mol. The van der Waals surface area contributed by atoms with Crippen molar-refractivity contribution >= 4 is 23.2 Å². The number of rotatable bonds is 5. The molecule has 1 rings (SSSR count). The van der Waals surface area contributed by atoms with Crippen LogP contribution in [0.5, 0.6) is 5.75 Å². The Labute approximate surface area is 99.1 Å². The average molecular weight is 247 g/mol. The van der Waals surface area contributed by atoms with E-state index in [0.29, 0.717) is 10.8 Å². The highest BCUT2D eigenvalue weighted by Gasteiger charge is 1.97. The van der Waals surface area contributed by atoms with E-state index in [4.69, 9.17) is 27.9 Å². The lowest BCUT2D eigenvalue weighted by molar-refractivity contribution is 0.357. The van der Waals surface area contributed by atoms with Gasteiger partial charge in [-0.1, -0.05) is 23.2 Å². The van der Waals surface area contributed by atoms with Crippen LogP contribution in [0.25, 0.3) is 0 Å². The fourth-order valence-corrected chi connectivity index (χ4v) is 1.08. The summed E-state index contributed by atoms with van der Waals surface area (Å²) in [5.41, 5.74) is 2.24. The summed E-state index contributed by atoms with van der Waals surface area (Å²) in [6, 6.07) is 3.74. The molecule has 0 bridgehead atoms. The van der Waals surface area contributed by atoms with Gasteiger partial charge in [-0.2, -0.15) is 0 Å². The van der Waals surface area contributed by atoms with Crippen LogP contribution in [0.4, 0.5) is 0 Å². The SMILES string of the molecule is CNCc1ccc(OCC(Cl)=CCl)cn1. The molecule has 0 aromatic carbocycles. The van der Waals surface area contributed by atoms with Crippen LogP contribution < -0.4 is 10.1 Å². The second kappa shape index (κ2) is 6.67. The number of aromatic nitrogens is 1. The van der Waals surface area contributed by atoms with Gasteiger partial charge in [0.25, 0.3) is 0 Å². The van der Waals surface area contributed by atoms with Gasteiger partial charge in [0.15, 0.2) is 0 Å². The number of halogens is 2. The summed E-state index contributed by atoms with van der Waals surface area (Å²) in [5, 5.41) is 3.47. The zero-order chi connectivity index (χ0) is 11.1. The van der Waals surface area contributed by atoms with Crippen molar-refractivity contribution in [1.29, 1.82) is 0 Å². The number of hydrogen-bond donors (Lipinski definition) is 1. The molecule has 1 aromatic rings. The molecule has 3 nitrogen and oxygen atoms in total. The van der Waals surface area contributed by atoms with E-state index in [0.717, 1.165) is 12.2 Å². The monoisotopic (exact) mass is 246 g/mol. The topological polar surface area (TPSA) is 34.1 Å². The van der Waals surface area contributed by atoms with Gasteiger partial charge in [0, 0.05) is 12.1 Å². The van der Waals surface area contributed by atoms with Gasteiger partial charge in [-0.05, 0) is 19.2 Å². The van der Waals surface area contributed by atoms with Crippen LogP contribution in [0.15, 0.2) is 28.9 Å². The second-order valence-electron chi connectivity index (χ2n) is 2.86. The highest BCUT2D eigenvalue weighted by Crippen LogP contribution is 2.12. The normalized spacial score (nSPS) is 11.5. The van der Waals surface area contributed by atoms with Gasteiger partial charge < -0.3 is 10.1 Å². The van der Waals surface area contributed by atoms with Crippen molar-refractivity contribution in [2.75, 3.05) is 13.7 Å². The Morgan fingerprint density at radius 3 is 2.93 bits per heavy atom. The Bertz CT molecular complexity index is 325. The molecule has 0 aliphatic carbocycles. The van der Waals surface area contributed by atoms with E-state index in [1.54, 1.807) is 6.20 Å². The Balaban J connectivity index is 2.49. The summed E-state index contributed by atoms with van der Waals surface area (Å²) in [7, 11) is 1.87. The summed E-state index contributed by atoms with van der Waals surface area (Å²) in [5.74, 6) is 0.673. The van der Waals surface area contributed by atoms with Crippen molar-refractivity contribution in [2.45, 2.75) is 6.54 Å². The molecule has 1 N–H and O–H groups in total. The molecule has 0 saturated carbocycles. The number of hydrogen-bond acceptors (Lipinski definition) is 3. The zero-order valence-corrected chi connectivity index (χ0v) is 9.85. The van der Waals surface area contributed by atoms with Crippen molar-refractivity contribution in [3.63, 3.8) is 0 Å². The molecule has 1 aromatic heterocycles. The highest BCUT2D eigenvalue weighted by atomic mass is 35.5. The third-order valence-electron chi connectivity index (χ3n) is 1.65. The Morgan fingerprint density at radius 1 is 1.60 bits per heavy atom. The quantitative estimate of drug-likeness (QED) is 0.867. The lowest BCUT2D eigenvalue weighted by Crippen LogP contribution is -2.06. The van der Waals surface area contributed by atoms with Gasteiger partial charge in [0.05, 0.1) is 16.9 Å². The fourth-order valence-electron chi connectivity index (χ4n) is 0.966. The number of pyridine rings is 1. The van der Waals surface area contributed by atoms with Crippen LogP contribution in [0.3, 0.4) is 0 Å². The van der Waals surface area contributed by atoms with Crippen LogP contribution in [-0.2, 0) is 6.54 Å². The second-order valence-corrected chi connectivity index (χ2v) is 3.56. The molecule has 5 heteroatoms. The van der Waals surface area contributed by atoms with Crippen molar-refractivity contribution in [3.05, 3.63) is 34.6 Å². The first kappa shape index (κ1) is 12.3. The molecule has 1 heterocycles. The van der Waals surface area contributed by atoms with E-state index in [2.05, 4.69) is 10.3 Å². The number of nitrogens with zero attached hydrogens (tertiary/aromatic N) is 1. The van der Waals surface area contributed by atoms with E-state index in [-0.39, 0.29) is 6.61 Å². The molecule has 82 valence electrons. The third kappa shape index (κ3) is 4.51. The zero-order valence-electron chi connectivity index (χ0n) is 8.34. The third-order valence-corrected chi connectivity index (χ3v) is 2.24. The van der Waals surface area contributed by atoms with E-state index in [9.17, 15) is 0 Å². The minimum Gasteiger partial charge on any atom is -0.486 e. The first-order valence-corrected chi connectivity index (χ1v) is 5.24. The van der Waals surface area contributed by atoms with Gasteiger partial charge in [0.2, 0.25) is 0 Å². The van der Waals surface area contributed by atoms with Crippen molar-refractivity contribution in [2.24, 2.45) is 0 Å². The first-order valence-electron chi connectivity index (χ1n) is 4.43. The van der Waals surface area contributed by atoms with Gasteiger partial charge in [0.1, 0.15) is 12.4 Å². The average Bonchev–Trinajstić information content (AvgIpc) is 2.28. The minimum atomic E-state index is 0.262. The molecule has 0 saturated heterocycles. The molecule has 0 aliphatic rings. The largest absolute Gasteiger partial charge is 0.486 e. The summed E-state index contributed by atoms with van der Waals surface area (Å²) in [6.07, 6.45) is 1.66. The Kier molecular flexibility index (Phi) is 5.47. The van der Waals surface area contributed by atoms with Crippen LogP contribution in [0.2, 0.25) is 0 Å². The van der Waals surface area contributed by atoms with Gasteiger partial charge in [-0.3, -0.25) is 4.98 Å². The van der Waals surface area contributed by atoms with E-state index in [1.807, 2.05) is 19.2 Å². The predicted molar refractivity (Wildman–Crippen MR) is 62.3 cm³/mol. The minimum absolute atomic E-state index is 0.262. The molecule has 0 radical (unpaired) electrons. The molecule has 0 aliphatic heterocycles. The maximum atomic E-state index is 5.67. The maximum Gasteiger partial charge on any atom is 0.138 e. The molecule has 0 fully saturated rings. The van der Waals surface area contributed by atoms with Gasteiger partial charge in [-0.25, -0.2) is 0 Å². The van der Waals surface area contributed by atoms with E-state index >= 15 is 0 Å². The highest BCUT2D eigenvalue weighted by molar-refractivity contribution is 6.36. The molecule has 0 amide bonds. The number of ether oxygens (including phenoxy) is 1. The Morgan fingerprint density at radius 2 is 2.40 bits per heavy atom. The number of nitrogens with one attached hydrogen (secondary N) is 1. The Hall–Kier alpha value is -0.770. The molecular formula is C10H12Cl2N2O. The van der Waals surface area contributed by atoms with Crippen molar-refractivity contribution in [1.82, 2.24) is 10.3 Å². The molecule has 0 unspecified atom stereocenters. The van der Waals surface area contributed by atoms with Crippen molar-refractivity contribution < 1.29 is 4.74 Å². The summed E-state index contributed by atoms with van der Waals surface area (Å²) >= 11 is 11.1. The van der Waals surface area contributed by atoms with E-state index < -0.39 is 0 Å². The van der Waals surface area contributed by atoms with Crippen LogP contribution in [0, 0.1) is 0 Å². The standard InChI is InChI=1S/C10H12Cl2N2O/c1-13-5-9-2-3-10(6-14-9)15-7-8(12)4-11/h2-4,6,13H,5,7H2,1H3. The lowest BCUT2D eigenvalue weighted by atomic mass is 10.3. The van der Waals surface area contributed by atoms with Crippen molar-refractivity contribution in [3.8, 4) is 5.75 Å². The summed E-state index contributed by atoms with van der Waals surface area (Å²) < 4.78 is 5.32. The molecule has 0 atom stereocenters. The predicted octanol–water partition coefficient (Wildman–Crippen LogP) is 2.50. The van der Waals surface area contributed by atoms with Gasteiger partial charge >= 0.3 is 0 Å². The molecule has 15 heavy (non-hydrogen) atoms. The van der Waals surface area contributed by atoms with Gasteiger partial charge in [-0.15, -0.1) is 0 Å². The van der Waals surface area contributed by atoms with Crippen LogP contribution >= 0.6 is 23.2 Å². The van der Waals surface area contributed by atoms with Crippen LogP contribution in [-0.4, -0.2) is 18.6 Å². The maximum absolute atomic E-state index is 5.67. The summed E-state index contributed by atoms with van der Waals surface area (Å²) in [4.78, 5) is 4.19. The fraction of sp³-hybridized carbons (Fsp3) is 0.300. The molecule has 0 spiro atoms. The van der Waals surface area contributed by atoms with Crippen LogP contribution in [0.1, 0.15) is 5.69 Å². The first-order chi connectivity index (χ1) is 7.26. The summed E-state index contributed by atoms with van der Waals surface area (Å²) in [6.45, 7) is 1.00.